The van der Waals surface area contributed by atoms with Crippen molar-refractivity contribution in [3.63, 3.8) is 0 Å². The summed E-state index contributed by atoms with van der Waals surface area (Å²) in [5.74, 6) is 0.253. The van der Waals surface area contributed by atoms with Gasteiger partial charge in [0.05, 0.1) is 11.5 Å². The monoisotopic (exact) mass is 248 g/mol. The van der Waals surface area contributed by atoms with Crippen molar-refractivity contribution in [1.29, 1.82) is 5.26 Å². The van der Waals surface area contributed by atoms with Gasteiger partial charge >= 0.3 is 5.69 Å². The number of nitriles is 1. The summed E-state index contributed by atoms with van der Waals surface area (Å²) < 4.78 is 5.38. The van der Waals surface area contributed by atoms with Crippen LogP contribution in [-0.4, -0.2) is 29.6 Å². The molecule has 1 saturated heterocycles. The number of hydrogen-bond donors (Lipinski definition) is 1. The largest absolute Gasteiger partial charge is 0.472 e. The van der Waals surface area contributed by atoms with Crippen LogP contribution in [0.2, 0.25) is 0 Å². The summed E-state index contributed by atoms with van der Waals surface area (Å²) in [6.07, 6.45) is 2.32. The number of rotatable bonds is 4. The molecule has 0 saturated carbocycles. The van der Waals surface area contributed by atoms with Crippen LogP contribution in [-0.2, 0) is 0 Å². The Balaban J connectivity index is 2.16. The highest BCUT2D eigenvalue weighted by molar-refractivity contribution is 5.54. The third-order valence-corrected chi connectivity index (χ3v) is 2.81. The molecule has 0 spiro atoms. The van der Waals surface area contributed by atoms with Crippen molar-refractivity contribution >= 4 is 5.69 Å². The molecule has 18 heavy (non-hydrogen) atoms. The number of aromatic nitrogens is 1. The number of nitro groups is 1. The zero-order chi connectivity index (χ0) is 13.0. The van der Waals surface area contributed by atoms with Crippen molar-refractivity contribution < 1.29 is 9.66 Å². The van der Waals surface area contributed by atoms with Gasteiger partial charge in [0.15, 0.2) is 0 Å². The first-order chi connectivity index (χ1) is 8.72. The average molecular weight is 248 g/mol. The van der Waals surface area contributed by atoms with Crippen LogP contribution in [0.4, 0.5) is 5.69 Å². The Morgan fingerprint density at radius 2 is 2.56 bits per heavy atom. The Morgan fingerprint density at radius 1 is 1.72 bits per heavy atom. The number of hydrogen-bond acceptors (Lipinski definition) is 6. The van der Waals surface area contributed by atoms with Crippen molar-refractivity contribution in [3.8, 4) is 11.9 Å². The first-order valence-electron chi connectivity index (χ1n) is 5.59. The number of nitrogens with one attached hydrogen (secondary N) is 1. The van der Waals surface area contributed by atoms with Gasteiger partial charge in [0.25, 0.3) is 5.88 Å². The van der Waals surface area contributed by atoms with E-state index in [9.17, 15) is 10.1 Å². The van der Waals surface area contributed by atoms with Crippen LogP contribution in [0, 0.1) is 27.4 Å². The summed E-state index contributed by atoms with van der Waals surface area (Å²) in [5, 5.41) is 22.9. The van der Waals surface area contributed by atoms with Crippen molar-refractivity contribution in [1.82, 2.24) is 10.3 Å². The molecule has 1 unspecified atom stereocenters. The lowest BCUT2D eigenvalue weighted by Gasteiger charge is -2.10. The van der Waals surface area contributed by atoms with Crippen molar-refractivity contribution in [3.05, 3.63) is 27.9 Å². The normalized spacial score (nSPS) is 18.3. The van der Waals surface area contributed by atoms with E-state index in [1.54, 1.807) is 6.07 Å². The highest BCUT2D eigenvalue weighted by Gasteiger charge is 2.24. The molecule has 0 bridgehead atoms. The Hall–Kier alpha value is -2.20. The fraction of sp³-hybridized carbons (Fsp3) is 0.455. The molecule has 1 atom stereocenters. The average Bonchev–Trinajstić information content (AvgIpc) is 2.88. The molecule has 2 rings (SSSR count). The number of ether oxygens (including phenoxy) is 1. The van der Waals surface area contributed by atoms with Crippen LogP contribution in [0.5, 0.6) is 5.88 Å². The molecule has 0 amide bonds. The molecule has 0 aromatic carbocycles. The summed E-state index contributed by atoms with van der Waals surface area (Å²) >= 11 is 0. The summed E-state index contributed by atoms with van der Waals surface area (Å²) in [6, 6.07) is 3.08. The first kappa shape index (κ1) is 12.3. The van der Waals surface area contributed by atoms with Gasteiger partial charge in [-0.1, -0.05) is 0 Å². The van der Waals surface area contributed by atoms with Crippen molar-refractivity contribution in [2.45, 2.75) is 6.42 Å². The van der Waals surface area contributed by atoms with Crippen LogP contribution >= 0.6 is 0 Å². The van der Waals surface area contributed by atoms with Crippen molar-refractivity contribution in [2.24, 2.45) is 5.92 Å². The lowest BCUT2D eigenvalue weighted by Crippen LogP contribution is -2.16. The van der Waals surface area contributed by atoms with E-state index < -0.39 is 4.92 Å². The Labute approximate surface area is 104 Å². The molecular formula is C11H12N4O3. The second kappa shape index (κ2) is 5.42. The second-order valence-corrected chi connectivity index (χ2v) is 4.05. The zero-order valence-electron chi connectivity index (χ0n) is 9.63. The minimum absolute atomic E-state index is 0.0328. The molecule has 0 radical (unpaired) electrons. The molecule has 1 fully saturated rings. The van der Waals surface area contributed by atoms with E-state index in [1.807, 2.05) is 0 Å². The molecule has 1 aliphatic rings. The van der Waals surface area contributed by atoms with Gasteiger partial charge in [-0.3, -0.25) is 10.1 Å². The molecule has 7 nitrogen and oxygen atoms in total. The highest BCUT2D eigenvalue weighted by Crippen LogP contribution is 2.28. The lowest BCUT2D eigenvalue weighted by molar-refractivity contribution is -0.386. The Morgan fingerprint density at radius 3 is 3.17 bits per heavy atom. The molecule has 0 aliphatic carbocycles. The van der Waals surface area contributed by atoms with E-state index in [1.165, 1.54) is 12.3 Å². The van der Waals surface area contributed by atoms with Gasteiger partial charge in [-0.25, -0.2) is 4.98 Å². The highest BCUT2D eigenvalue weighted by atomic mass is 16.6. The van der Waals surface area contributed by atoms with Crippen LogP contribution in [0.15, 0.2) is 12.3 Å². The van der Waals surface area contributed by atoms with E-state index in [0.29, 0.717) is 12.5 Å². The van der Waals surface area contributed by atoms with Crippen LogP contribution in [0.1, 0.15) is 12.0 Å². The van der Waals surface area contributed by atoms with Gasteiger partial charge in [0, 0.05) is 18.7 Å². The van der Waals surface area contributed by atoms with Gasteiger partial charge < -0.3 is 10.1 Å². The quantitative estimate of drug-likeness (QED) is 0.626. The predicted octanol–water partition coefficient (Wildman–Crippen LogP) is 0.850. The third kappa shape index (κ3) is 2.55. The van der Waals surface area contributed by atoms with E-state index in [4.69, 9.17) is 10.00 Å². The SMILES string of the molecule is N#Cc1ccnc(OCC2CCNC2)c1[N+](=O)[O-]. The van der Waals surface area contributed by atoms with Gasteiger partial charge in [0.1, 0.15) is 11.6 Å². The maximum Gasteiger partial charge on any atom is 0.348 e. The van der Waals surface area contributed by atoms with E-state index in [2.05, 4.69) is 10.3 Å². The smallest absolute Gasteiger partial charge is 0.348 e. The van der Waals surface area contributed by atoms with E-state index in [-0.39, 0.29) is 17.1 Å². The van der Waals surface area contributed by atoms with Crippen LogP contribution in [0.3, 0.4) is 0 Å². The number of pyridine rings is 1. The second-order valence-electron chi connectivity index (χ2n) is 4.05. The van der Waals surface area contributed by atoms with Crippen LogP contribution in [0.25, 0.3) is 0 Å². The molecule has 2 heterocycles. The van der Waals surface area contributed by atoms with Gasteiger partial charge in [0.2, 0.25) is 0 Å². The molecule has 1 N–H and O–H groups in total. The Bertz CT molecular complexity index is 492. The minimum Gasteiger partial charge on any atom is -0.472 e. The third-order valence-electron chi connectivity index (χ3n) is 2.81. The first-order valence-corrected chi connectivity index (χ1v) is 5.59. The summed E-state index contributed by atoms with van der Waals surface area (Å²) in [7, 11) is 0. The van der Waals surface area contributed by atoms with Gasteiger partial charge in [-0.15, -0.1) is 0 Å². The minimum atomic E-state index is -0.631. The fourth-order valence-electron chi connectivity index (χ4n) is 1.86. The molecule has 7 heteroatoms. The molecule has 1 aromatic heterocycles. The summed E-state index contributed by atoms with van der Waals surface area (Å²) in [5.41, 5.74) is -0.388. The van der Waals surface area contributed by atoms with E-state index >= 15 is 0 Å². The Kier molecular flexibility index (Phi) is 3.69. The zero-order valence-corrected chi connectivity index (χ0v) is 9.63. The van der Waals surface area contributed by atoms with Crippen molar-refractivity contribution in [2.75, 3.05) is 19.7 Å². The fourth-order valence-corrected chi connectivity index (χ4v) is 1.86. The van der Waals surface area contributed by atoms with Crippen LogP contribution < -0.4 is 10.1 Å². The predicted molar refractivity (Wildman–Crippen MR) is 62.1 cm³/mol. The molecule has 1 aromatic rings. The van der Waals surface area contributed by atoms with E-state index in [0.717, 1.165) is 19.5 Å². The number of nitrogens with zero attached hydrogens (tertiary/aromatic N) is 3. The molecule has 94 valence electrons. The topological polar surface area (TPSA) is 101 Å². The maximum atomic E-state index is 10.9. The molecular weight excluding hydrogens is 236 g/mol. The standard InChI is InChI=1S/C11H12N4O3/c12-5-9-2-4-14-11(10(9)15(16)17)18-7-8-1-3-13-6-8/h2,4,8,13H,1,3,6-7H2. The molecule has 1 aliphatic heterocycles. The lowest BCUT2D eigenvalue weighted by atomic mass is 10.1. The summed E-state index contributed by atoms with van der Waals surface area (Å²) in [4.78, 5) is 14.1. The van der Waals surface area contributed by atoms with Gasteiger partial charge in [-0.05, 0) is 19.0 Å². The van der Waals surface area contributed by atoms with Gasteiger partial charge in [-0.2, -0.15) is 5.26 Å². The maximum absolute atomic E-state index is 10.9. The summed E-state index contributed by atoms with van der Waals surface area (Å²) in [6.45, 7) is 2.14.